The maximum atomic E-state index is 13.8. The fourth-order valence-electron chi connectivity index (χ4n) is 5.90. The maximum absolute atomic E-state index is 13.8. The van der Waals surface area contributed by atoms with Crippen molar-refractivity contribution in [2.24, 2.45) is 5.92 Å². The zero-order chi connectivity index (χ0) is 27.8. The molecule has 0 spiro atoms. The van der Waals surface area contributed by atoms with E-state index in [1.54, 1.807) is 13.2 Å². The van der Waals surface area contributed by atoms with Crippen LogP contribution in [0.2, 0.25) is 0 Å². The number of carbonyl (C=O) groups is 2. The predicted octanol–water partition coefficient (Wildman–Crippen LogP) is 5.52. The zero-order valence-electron chi connectivity index (χ0n) is 24.1. The minimum Gasteiger partial charge on any atom is -0.497 e. The first-order valence-electron chi connectivity index (χ1n) is 14.6. The van der Waals surface area contributed by atoms with Crippen molar-refractivity contribution in [1.82, 2.24) is 9.80 Å². The Morgan fingerprint density at radius 1 is 0.974 bits per heavy atom. The van der Waals surface area contributed by atoms with Gasteiger partial charge in [0.2, 0.25) is 5.91 Å². The summed E-state index contributed by atoms with van der Waals surface area (Å²) in [4.78, 5) is 33.5. The van der Waals surface area contributed by atoms with Gasteiger partial charge in [0.05, 0.1) is 7.11 Å². The van der Waals surface area contributed by atoms with Gasteiger partial charge in [-0.25, -0.2) is 0 Å². The second-order valence-corrected chi connectivity index (χ2v) is 11.2. The Labute approximate surface area is 234 Å². The highest BCUT2D eigenvalue weighted by Gasteiger charge is 2.34. The Kier molecular flexibility index (Phi) is 10.3. The van der Waals surface area contributed by atoms with Crippen molar-refractivity contribution >= 4 is 17.5 Å². The Bertz CT molecular complexity index is 1100. The first-order valence-corrected chi connectivity index (χ1v) is 14.6. The molecule has 2 atom stereocenters. The summed E-state index contributed by atoms with van der Waals surface area (Å²) in [7, 11) is 1.62. The number of rotatable bonds is 8. The molecule has 1 fully saturated rings. The van der Waals surface area contributed by atoms with Crippen LogP contribution in [0.4, 0.5) is 5.69 Å². The Hall–Kier alpha value is -3.06. The van der Waals surface area contributed by atoms with E-state index in [2.05, 4.69) is 24.8 Å². The SMILES string of the molecule is CCC(=O)N1CCC2CCCC(CN(C(=O)COc3cccc(OC)c3)Cc3ccccc31)N2CCC(C)C. The minimum absolute atomic E-state index is 0.0465. The molecule has 1 saturated heterocycles. The van der Waals surface area contributed by atoms with Crippen LogP contribution in [0, 0.1) is 5.92 Å². The van der Waals surface area contributed by atoms with Crippen LogP contribution >= 0.6 is 0 Å². The lowest BCUT2D eigenvalue weighted by molar-refractivity contribution is -0.135. The summed E-state index contributed by atoms with van der Waals surface area (Å²) < 4.78 is 11.2. The van der Waals surface area contributed by atoms with E-state index in [0.717, 1.165) is 49.9 Å². The molecule has 7 nitrogen and oxygen atoms in total. The summed E-state index contributed by atoms with van der Waals surface area (Å²) in [5, 5.41) is 0. The number of hydrogen-bond donors (Lipinski definition) is 0. The molecule has 2 heterocycles. The molecule has 0 aliphatic carbocycles. The van der Waals surface area contributed by atoms with Gasteiger partial charge in [0.15, 0.2) is 6.61 Å². The van der Waals surface area contributed by atoms with Gasteiger partial charge < -0.3 is 19.3 Å². The largest absolute Gasteiger partial charge is 0.497 e. The predicted molar refractivity (Wildman–Crippen MR) is 155 cm³/mol. The van der Waals surface area contributed by atoms with E-state index in [4.69, 9.17) is 9.47 Å². The van der Waals surface area contributed by atoms with Gasteiger partial charge in [0.1, 0.15) is 11.5 Å². The summed E-state index contributed by atoms with van der Waals surface area (Å²) in [5.74, 6) is 1.99. The Balaban J connectivity index is 1.65. The molecule has 0 N–H and O–H groups in total. The molecule has 212 valence electrons. The molecular weight excluding hydrogens is 490 g/mol. The van der Waals surface area contributed by atoms with Gasteiger partial charge in [-0.1, -0.05) is 51.5 Å². The van der Waals surface area contributed by atoms with Crippen molar-refractivity contribution in [3.8, 4) is 11.5 Å². The van der Waals surface area contributed by atoms with E-state index in [1.165, 1.54) is 0 Å². The number of carbonyl (C=O) groups excluding carboxylic acids is 2. The van der Waals surface area contributed by atoms with E-state index in [9.17, 15) is 9.59 Å². The number of piperidine rings is 1. The molecule has 2 aromatic carbocycles. The molecule has 2 aromatic rings. The highest BCUT2D eigenvalue weighted by molar-refractivity contribution is 5.94. The average molecular weight is 536 g/mol. The smallest absolute Gasteiger partial charge is 0.260 e. The number of benzene rings is 2. The van der Waals surface area contributed by atoms with Crippen molar-refractivity contribution in [2.45, 2.75) is 77.9 Å². The van der Waals surface area contributed by atoms with Gasteiger partial charge in [0.25, 0.3) is 5.91 Å². The highest BCUT2D eigenvalue weighted by atomic mass is 16.5. The number of amides is 2. The number of fused-ring (bicyclic) bond motifs is 3. The lowest BCUT2D eigenvalue weighted by Gasteiger charge is -2.44. The van der Waals surface area contributed by atoms with Crippen molar-refractivity contribution < 1.29 is 19.1 Å². The fourth-order valence-corrected chi connectivity index (χ4v) is 5.90. The molecule has 2 amide bonds. The number of para-hydroxylation sites is 1. The van der Waals surface area contributed by atoms with Crippen LogP contribution in [0.3, 0.4) is 0 Å². The van der Waals surface area contributed by atoms with Gasteiger partial charge in [0, 0.05) is 49.9 Å². The minimum atomic E-state index is -0.0498. The highest BCUT2D eigenvalue weighted by Crippen LogP contribution is 2.31. The van der Waals surface area contributed by atoms with Crippen LogP contribution in [0.15, 0.2) is 48.5 Å². The van der Waals surface area contributed by atoms with Crippen LogP contribution in [0.1, 0.15) is 64.9 Å². The lowest BCUT2D eigenvalue weighted by Crippen LogP contribution is -2.53. The molecule has 2 aliphatic heterocycles. The van der Waals surface area contributed by atoms with Crippen LogP contribution in [0.5, 0.6) is 11.5 Å². The molecule has 0 radical (unpaired) electrons. The topological polar surface area (TPSA) is 62.3 Å². The van der Waals surface area contributed by atoms with E-state index in [1.807, 2.05) is 53.1 Å². The van der Waals surface area contributed by atoms with E-state index >= 15 is 0 Å². The number of nitrogens with zero attached hydrogens (tertiary/aromatic N) is 3. The van der Waals surface area contributed by atoms with Crippen molar-refractivity contribution in [1.29, 1.82) is 0 Å². The maximum Gasteiger partial charge on any atom is 0.260 e. The van der Waals surface area contributed by atoms with E-state index < -0.39 is 0 Å². The third-order valence-electron chi connectivity index (χ3n) is 8.10. The summed E-state index contributed by atoms with van der Waals surface area (Å²) in [5.41, 5.74) is 1.92. The Morgan fingerprint density at radius 2 is 1.74 bits per heavy atom. The second-order valence-electron chi connectivity index (χ2n) is 11.2. The normalized spacial score (nSPS) is 20.2. The average Bonchev–Trinajstić information content (AvgIpc) is 2.96. The fraction of sp³-hybridized carbons (Fsp3) is 0.562. The monoisotopic (exact) mass is 535 g/mol. The lowest BCUT2D eigenvalue weighted by atomic mass is 9.92. The number of anilines is 1. The quantitative estimate of drug-likeness (QED) is 0.446. The van der Waals surface area contributed by atoms with Crippen molar-refractivity contribution in [2.75, 3.05) is 38.3 Å². The van der Waals surface area contributed by atoms with Gasteiger partial charge in [-0.2, -0.15) is 0 Å². The first kappa shape index (κ1) is 28.9. The third kappa shape index (κ3) is 7.53. The zero-order valence-corrected chi connectivity index (χ0v) is 24.1. The molecule has 39 heavy (non-hydrogen) atoms. The van der Waals surface area contributed by atoms with Crippen LogP contribution < -0.4 is 14.4 Å². The number of hydrogen-bond acceptors (Lipinski definition) is 5. The number of ether oxygens (including phenoxy) is 2. The van der Waals surface area contributed by atoms with Gasteiger partial charge in [-0.3, -0.25) is 14.5 Å². The Morgan fingerprint density at radius 3 is 2.51 bits per heavy atom. The molecule has 7 heteroatoms. The molecule has 2 unspecified atom stereocenters. The molecule has 2 aliphatic rings. The molecular formula is C32H45N3O4. The van der Waals surface area contributed by atoms with Crippen LogP contribution in [-0.2, 0) is 16.1 Å². The number of methoxy groups -OCH3 is 1. The van der Waals surface area contributed by atoms with Crippen LogP contribution in [-0.4, -0.2) is 67.0 Å². The third-order valence-corrected chi connectivity index (χ3v) is 8.10. The van der Waals surface area contributed by atoms with Crippen molar-refractivity contribution in [3.05, 3.63) is 54.1 Å². The second kappa shape index (κ2) is 13.8. The van der Waals surface area contributed by atoms with E-state index in [-0.39, 0.29) is 18.4 Å². The van der Waals surface area contributed by atoms with Crippen LogP contribution in [0.25, 0.3) is 0 Å². The van der Waals surface area contributed by atoms with Gasteiger partial charge in [-0.15, -0.1) is 0 Å². The summed E-state index contributed by atoms with van der Waals surface area (Å²) in [6.07, 6.45) is 5.88. The summed E-state index contributed by atoms with van der Waals surface area (Å²) in [6, 6.07) is 16.1. The molecule has 0 aromatic heterocycles. The standard InChI is InChI=1S/C32H45N3O4/c1-5-31(36)35-19-17-26-11-8-12-27(34(26)18-16-24(2)3)22-33(21-25-10-6-7-15-30(25)35)32(37)23-39-29-14-9-13-28(20-29)38-4/h6-7,9-10,13-15,20,24,26-27H,5,8,11-12,16-19,21-23H2,1-4H3. The first-order chi connectivity index (χ1) is 18.9. The summed E-state index contributed by atoms with van der Waals surface area (Å²) >= 11 is 0. The summed E-state index contributed by atoms with van der Waals surface area (Å²) in [6.45, 7) is 9.24. The molecule has 0 saturated carbocycles. The van der Waals surface area contributed by atoms with Crippen molar-refractivity contribution in [3.63, 3.8) is 0 Å². The van der Waals surface area contributed by atoms with E-state index in [0.29, 0.717) is 55.6 Å². The van der Waals surface area contributed by atoms with Gasteiger partial charge in [-0.05, 0) is 61.9 Å². The molecule has 4 rings (SSSR count). The molecule has 2 bridgehead atoms. The van der Waals surface area contributed by atoms with Gasteiger partial charge >= 0.3 is 0 Å².